The molecule has 0 amide bonds. The predicted molar refractivity (Wildman–Crippen MR) is 73.4 cm³/mol. The molecule has 0 spiro atoms. The van der Waals surface area contributed by atoms with E-state index in [0.29, 0.717) is 12.5 Å². The van der Waals surface area contributed by atoms with Gasteiger partial charge in [0, 0.05) is 6.42 Å². The van der Waals surface area contributed by atoms with Crippen LogP contribution >= 0.6 is 0 Å². The lowest BCUT2D eigenvalue weighted by molar-refractivity contribution is -0.411. The molecule has 8 heteroatoms. The van der Waals surface area contributed by atoms with Crippen LogP contribution in [0.3, 0.4) is 0 Å². The van der Waals surface area contributed by atoms with Gasteiger partial charge in [0.05, 0.1) is 0 Å². The van der Waals surface area contributed by atoms with Gasteiger partial charge in [0.25, 0.3) is 0 Å². The van der Waals surface area contributed by atoms with Crippen molar-refractivity contribution < 1.29 is 38.3 Å². The third kappa shape index (κ3) is 10.3. The number of benzene rings is 1. The molecule has 0 saturated carbocycles. The minimum absolute atomic E-state index is 0.211. The zero-order chi connectivity index (χ0) is 18.0. The SMILES string of the molecule is CC(C)C[C@@H]([NH3+])C(=O)OCc1ccccc1.O=C([O-])C(F)(F)F. The summed E-state index contributed by atoms with van der Waals surface area (Å²) in [5.74, 6) is -2.75. The highest BCUT2D eigenvalue weighted by Crippen LogP contribution is 2.11. The molecule has 0 heterocycles. The molecule has 0 bridgehead atoms. The maximum atomic E-state index is 11.6. The topological polar surface area (TPSA) is 94.1 Å². The number of quaternary nitrogens is 1. The third-order valence-corrected chi connectivity index (χ3v) is 2.54. The van der Waals surface area contributed by atoms with Crippen molar-refractivity contribution in [2.45, 2.75) is 39.1 Å². The van der Waals surface area contributed by atoms with Crippen LogP contribution in [0.5, 0.6) is 0 Å². The molecule has 0 aromatic heterocycles. The van der Waals surface area contributed by atoms with Gasteiger partial charge >= 0.3 is 12.1 Å². The first kappa shape index (κ1) is 20.9. The summed E-state index contributed by atoms with van der Waals surface area (Å²) in [6.45, 7) is 4.48. The molecule has 0 aliphatic heterocycles. The van der Waals surface area contributed by atoms with E-state index < -0.39 is 12.1 Å². The molecule has 1 aromatic rings. The van der Waals surface area contributed by atoms with E-state index in [9.17, 15) is 18.0 Å². The molecule has 0 unspecified atom stereocenters. The summed E-state index contributed by atoms with van der Waals surface area (Å²) in [6.07, 6.45) is -4.42. The van der Waals surface area contributed by atoms with Crippen molar-refractivity contribution in [1.82, 2.24) is 0 Å². The van der Waals surface area contributed by atoms with Crippen LogP contribution in [0, 0.1) is 5.92 Å². The number of alkyl halides is 3. The second-order valence-electron chi connectivity index (χ2n) is 5.20. The molecule has 0 aliphatic rings. The Labute approximate surface area is 132 Å². The van der Waals surface area contributed by atoms with Gasteiger partial charge in [-0.2, -0.15) is 13.2 Å². The third-order valence-electron chi connectivity index (χ3n) is 2.54. The Balaban J connectivity index is 0.000000585. The fraction of sp³-hybridized carbons (Fsp3) is 0.467. The Kier molecular flexibility index (Phi) is 8.94. The number of hydrogen-bond acceptors (Lipinski definition) is 4. The number of esters is 1. The largest absolute Gasteiger partial charge is 0.542 e. The Hall–Kier alpha value is -2.09. The van der Waals surface area contributed by atoms with Gasteiger partial charge in [0.1, 0.15) is 12.6 Å². The zero-order valence-electron chi connectivity index (χ0n) is 12.9. The monoisotopic (exact) mass is 335 g/mol. The summed E-state index contributed by atoms with van der Waals surface area (Å²) in [4.78, 5) is 20.4. The van der Waals surface area contributed by atoms with E-state index in [1.54, 1.807) is 0 Å². The van der Waals surface area contributed by atoms with Crippen LogP contribution in [0.15, 0.2) is 30.3 Å². The van der Waals surface area contributed by atoms with Crippen molar-refractivity contribution in [2.75, 3.05) is 0 Å². The molecule has 5 nitrogen and oxygen atoms in total. The van der Waals surface area contributed by atoms with Crippen LogP contribution in [0.1, 0.15) is 25.8 Å². The summed E-state index contributed by atoms with van der Waals surface area (Å²) < 4.78 is 36.7. The van der Waals surface area contributed by atoms with Crippen molar-refractivity contribution in [3.63, 3.8) is 0 Å². The van der Waals surface area contributed by atoms with E-state index in [4.69, 9.17) is 14.6 Å². The maximum absolute atomic E-state index is 11.6. The van der Waals surface area contributed by atoms with Gasteiger partial charge in [0.2, 0.25) is 0 Å². The van der Waals surface area contributed by atoms with Gasteiger partial charge in [-0.3, -0.25) is 0 Å². The highest BCUT2D eigenvalue weighted by atomic mass is 19.4. The molecule has 0 radical (unpaired) electrons. The molecule has 130 valence electrons. The summed E-state index contributed by atoms with van der Waals surface area (Å²) in [5, 5.41) is 8.78. The van der Waals surface area contributed by atoms with Crippen LogP contribution < -0.4 is 10.8 Å². The molecule has 0 saturated heterocycles. The van der Waals surface area contributed by atoms with Crippen LogP contribution in [-0.4, -0.2) is 24.2 Å². The number of carboxylic acids is 1. The Bertz CT molecular complexity index is 489. The van der Waals surface area contributed by atoms with Crippen LogP contribution in [0.25, 0.3) is 0 Å². The Morgan fingerprint density at radius 3 is 2.09 bits per heavy atom. The number of halogens is 3. The molecular formula is C15H20F3NO4. The second kappa shape index (κ2) is 9.83. The number of aliphatic carboxylic acids is 1. The van der Waals surface area contributed by atoms with Gasteiger partial charge in [-0.05, 0) is 11.5 Å². The van der Waals surface area contributed by atoms with E-state index in [1.807, 2.05) is 30.3 Å². The maximum Gasteiger partial charge on any atom is 0.430 e. The second-order valence-corrected chi connectivity index (χ2v) is 5.20. The first-order chi connectivity index (χ1) is 10.5. The summed E-state index contributed by atoms with van der Waals surface area (Å²) in [6, 6.07) is 9.41. The highest BCUT2D eigenvalue weighted by Gasteiger charge is 2.28. The van der Waals surface area contributed by atoms with Gasteiger partial charge in [0.15, 0.2) is 6.04 Å². The average molecular weight is 335 g/mol. The Morgan fingerprint density at radius 2 is 1.70 bits per heavy atom. The molecular weight excluding hydrogens is 315 g/mol. The molecule has 23 heavy (non-hydrogen) atoms. The van der Waals surface area contributed by atoms with E-state index in [2.05, 4.69) is 19.6 Å². The van der Waals surface area contributed by atoms with E-state index in [1.165, 1.54) is 0 Å². The van der Waals surface area contributed by atoms with Crippen LogP contribution in [0.2, 0.25) is 0 Å². The van der Waals surface area contributed by atoms with E-state index >= 15 is 0 Å². The van der Waals surface area contributed by atoms with Crippen molar-refractivity contribution in [3.05, 3.63) is 35.9 Å². The van der Waals surface area contributed by atoms with Crippen molar-refractivity contribution in [3.8, 4) is 0 Å². The quantitative estimate of drug-likeness (QED) is 0.801. The number of carbonyl (C=O) groups is 2. The number of carbonyl (C=O) groups excluding carboxylic acids is 2. The molecule has 3 N–H and O–H groups in total. The first-order valence-electron chi connectivity index (χ1n) is 6.85. The molecule has 0 aliphatic carbocycles. The molecule has 1 rings (SSSR count). The fourth-order valence-corrected chi connectivity index (χ4v) is 1.51. The Morgan fingerprint density at radius 1 is 1.22 bits per heavy atom. The lowest BCUT2D eigenvalue weighted by Crippen LogP contribution is -2.65. The predicted octanol–water partition coefficient (Wildman–Crippen LogP) is 0.685. The normalized spacial score (nSPS) is 12.1. The standard InChI is InChI=1S/C13H19NO2.C2HF3O2/c1-10(2)8-12(14)13(15)16-9-11-6-4-3-5-7-11;3-2(4,5)1(6)7/h3-7,10,12H,8-9,14H2,1-2H3;(H,6,7)/t12-;/m1./s1. The van der Waals surface area contributed by atoms with E-state index in [-0.39, 0.29) is 12.0 Å². The number of hydrogen-bond donors (Lipinski definition) is 1. The number of rotatable bonds is 5. The molecule has 1 atom stereocenters. The first-order valence-corrected chi connectivity index (χ1v) is 6.85. The highest BCUT2D eigenvalue weighted by molar-refractivity contribution is 5.73. The van der Waals surface area contributed by atoms with Crippen LogP contribution in [-0.2, 0) is 20.9 Å². The number of ether oxygens (including phenoxy) is 1. The van der Waals surface area contributed by atoms with Gasteiger partial charge < -0.3 is 20.4 Å². The summed E-state index contributed by atoms with van der Waals surface area (Å²) in [5.41, 5.74) is 4.82. The van der Waals surface area contributed by atoms with E-state index in [0.717, 1.165) is 12.0 Å². The number of carboxylic acid groups (broad SMARTS) is 1. The van der Waals surface area contributed by atoms with Gasteiger partial charge in [-0.25, -0.2) is 4.79 Å². The minimum atomic E-state index is -5.19. The fourth-order valence-electron chi connectivity index (χ4n) is 1.51. The van der Waals surface area contributed by atoms with Crippen molar-refractivity contribution in [1.29, 1.82) is 0 Å². The zero-order valence-corrected chi connectivity index (χ0v) is 12.9. The summed E-state index contributed by atoms with van der Waals surface area (Å²) >= 11 is 0. The minimum Gasteiger partial charge on any atom is -0.542 e. The summed E-state index contributed by atoms with van der Waals surface area (Å²) in [7, 11) is 0. The average Bonchev–Trinajstić information content (AvgIpc) is 2.44. The lowest BCUT2D eigenvalue weighted by atomic mass is 10.1. The van der Waals surface area contributed by atoms with Gasteiger partial charge in [-0.1, -0.05) is 44.2 Å². The van der Waals surface area contributed by atoms with Crippen molar-refractivity contribution >= 4 is 11.9 Å². The smallest absolute Gasteiger partial charge is 0.430 e. The lowest BCUT2D eigenvalue weighted by Gasteiger charge is -2.10. The van der Waals surface area contributed by atoms with Crippen LogP contribution in [0.4, 0.5) is 13.2 Å². The van der Waals surface area contributed by atoms with Crippen molar-refractivity contribution in [2.24, 2.45) is 5.92 Å². The van der Waals surface area contributed by atoms with Gasteiger partial charge in [-0.15, -0.1) is 0 Å². The molecule has 0 fully saturated rings. The molecule has 1 aromatic carbocycles.